The van der Waals surface area contributed by atoms with Gasteiger partial charge in [-0.25, -0.2) is 0 Å². The summed E-state index contributed by atoms with van der Waals surface area (Å²) in [6, 6.07) is 9.08. The van der Waals surface area contributed by atoms with E-state index in [9.17, 15) is 10.1 Å². The SMILES string of the molecule is C[C@H]1CC(Nc2ccc([N+](=O)[O-])cc2)c2ccsc2S1. The highest BCUT2D eigenvalue weighted by Crippen LogP contribution is 2.44. The molecule has 0 radical (unpaired) electrons. The van der Waals surface area contributed by atoms with Gasteiger partial charge in [0.2, 0.25) is 0 Å². The molecule has 0 spiro atoms. The van der Waals surface area contributed by atoms with Crippen molar-refractivity contribution in [1.82, 2.24) is 0 Å². The van der Waals surface area contributed by atoms with Crippen LogP contribution in [0.5, 0.6) is 0 Å². The molecule has 0 amide bonds. The number of benzene rings is 1. The molecule has 20 heavy (non-hydrogen) atoms. The Morgan fingerprint density at radius 3 is 2.75 bits per heavy atom. The van der Waals surface area contributed by atoms with Crippen LogP contribution in [0.3, 0.4) is 0 Å². The van der Waals surface area contributed by atoms with Crippen molar-refractivity contribution in [3.63, 3.8) is 0 Å². The lowest BCUT2D eigenvalue weighted by atomic mass is 10.0. The van der Waals surface area contributed by atoms with E-state index in [1.165, 1.54) is 21.9 Å². The standard InChI is InChI=1S/C14H14N2O2S2/c1-9-8-13(12-6-7-19-14(12)20-9)15-10-2-4-11(5-3-10)16(17)18/h2-7,9,13,15H,8H2,1H3/t9-,13?/m0/s1. The van der Waals surface area contributed by atoms with Gasteiger partial charge < -0.3 is 5.32 Å². The molecule has 0 fully saturated rings. The van der Waals surface area contributed by atoms with Crippen LogP contribution < -0.4 is 5.32 Å². The molecule has 1 N–H and O–H groups in total. The van der Waals surface area contributed by atoms with E-state index in [1.807, 2.05) is 11.8 Å². The number of non-ortho nitro benzene ring substituents is 1. The Bertz CT molecular complexity index is 624. The number of anilines is 1. The van der Waals surface area contributed by atoms with E-state index in [-0.39, 0.29) is 16.7 Å². The van der Waals surface area contributed by atoms with Crippen molar-refractivity contribution >= 4 is 34.5 Å². The summed E-state index contributed by atoms with van der Waals surface area (Å²) in [5, 5.41) is 16.9. The van der Waals surface area contributed by atoms with Crippen LogP contribution >= 0.6 is 23.1 Å². The lowest BCUT2D eigenvalue weighted by Crippen LogP contribution is -2.18. The molecule has 1 unspecified atom stereocenters. The van der Waals surface area contributed by atoms with Gasteiger partial charge in [-0.15, -0.1) is 23.1 Å². The van der Waals surface area contributed by atoms with Crippen LogP contribution in [0.15, 0.2) is 39.9 Å². The Morgan fingerprint density at radius 1 is 1.30 bits per heavy atom. The molecule has 0 bridgehead atoms. The number of rotatable bonds is 3. The Balaban J connectivity index is 1.80. The quantitative estimate of drug-likeness (QED) is 0.660. The van der Waals surface area contributed by atoms with Gasteiger partial charge in [-0.1, -0.05) is 6.92 Å². The maximum Gasteiger partial charge on any atom is 0.269 e. The van der Waals surface area contributed by atoms with Crippen LogP contribution in [0.4, 0.5) is 11.4 Å². The third-order valence-corrected chi connectivity index (χ3v) is 5.67. The summed E-state index contributed by atoms with van der Waals surface area (Å²) in [6.07, 6.45) is 1.06. The van der Waals surface area contributed by atoms with Crippen molar-refractivity contribution in [3.8, 4) is 0 Å². The molecule has 0 saturated heterocycles. The highest BCUT2D eigenvalue weighted by Gasteiger charge is 2.26. The fraction of sp³-hybridized carbons (Fsp3) is 0.286. The molecule has 2 atom stereocenters. The Morgan fingerprint density at radius 2 is 2.05 bits per heavy atom. The minimum atomic E-state index is -0.375. The average Bonchev–Trinajstić information content (AvgIpc) is 2.87. The fourth-order valence-electron chi connectivity index (χ4n) is 2.37. The summed E-state index contributed by atoms with van der Waals surface area (Å²) in [6.45, 7) is 2.23. The topological polar surface area (TPSA) is 55.2 Å². The molecule has 104 valence electrons. The van der Waals surface area contributed by atoms with Crippen LogP contribution in [0, 0.1) is 10.1 Å². The van der Waals surface area contributed by atoms with Crippen LogP contribution in [0.1, 0.15) is 24.9 Å². The molecule has 1 aliphatic rings. The maximum absolute atomic E-state index is 10.7. The molecule has 0 aliphatic carbocycles. The monoisotopic (exact) mass is 306 g/mol. The normalized spacial score (nSPS) is 21.2. The largest absolute Gasteiger partial charge is 0.378 e. The van der Waals surface area contributed by atoms with Crippen LogP contribution in [0.2, 0.25) is 0 Å². The van der Waals surface area contributed by atoms with Crippen LogP contribution in [0.25, 0.3) is 0 Å². The number of hydrogen-bond acceptors (Lipinski definition) is 5. The van der Waals surface area contributed by atoms with Gasteiger partial charge >= 0.3 is 0 Å². The second-order valence-corrected chi connectivity index (χ2v) is 7.45. The second-order valence-electron chi connectivity index (χ2n) is 4.83. The number of thioether (sulfide) groups is 1. The molecule has 6 heteroatoms. The van der Waals surface area contributed by atoms with Gasteiger partial charge in [0.15, 0.2) is 0 Å². The van der Waals surface area contributed by atoms with Gasteiger partial charge in [0.25, 0.3) is 5.69 Å². The molecule has 0 saturated carbocycles. The van der Waals surface area contributed by atoms with Gasteiger partial charge in [-0.05, 0) is 35.6 Å². The summed E-state index contributed by atoms with van der Waals surface area (Å²) in [5.74, 6) is 0. The van der Waals surface area contributed by atoms with Crippen molar-refractivity contribution in [2.45, 2.75) is 28.8 Å². The number of hydrogen-bond donors (Lipinski definition) is 1. The maximum atomic E-state index is 10.7. The van der Waals surface area contributed by atoms with Gasteiger partial charge in [-0.3, -0.25) is 10.1 Å². The van der Waals surface area contributed by atoms with Crippen molar-refractivity contribution in [2.24, 2.45) is 0 Å². The summed E-state index contributed by atoms with van der Waals surface area (Å²) in [4.78, 5) is 10.3. The van der Waals surface area contributed by atoms with E-state index in [0.29, 0.717) is 5.25 Å². The number of nitrogens with zero attached hydrogens (tertiary/aromatic N) is 1. The molecule has 1 aliphatic heterocycles. The van der Waals surface area contributed by atoms with Crippen molar-refractivity contribution in [2.75, 3.05) is 5.32 Å². The van der Waals surface area contributed by atoms with Gasteiger partial charge in [0, 0.05) is 23.1 Å². The van der Waals surface area contributed by atoms with E-state index in [2.05, 4.69) is 23.7 Å². The van der Waals surface area contributed by atoms with Gasteiger partial charge in [0.05, 0.1) is 15.2 Å². The molecular weight excluding hydrogens is 292 g/mol. The first-order chi connectivity index (χ1) is 9.63. The molecule has 4 nitrogen and oxygen atoms in total. The summed E-state index contributed by atoms with van der Waals surface area (Å²) < 4.78 is 1.38. The predicted molar refractivity (Wildman–Crippen MR) is 83.7 cm³/mol. The van der Waals surface area contributed by atoms with Crippen molar-refractivity contribution in [3.05, 3.63) is 51.4 Å². The van der Waals surface area contributed by atoms with E-state index >= 15 is 0 Å². The minimum Gasteiger partial charge on any atom is -0.378 e. The molecule has 1 aromatic carbocycles. The Hall–Kier alpha value is -1.53. The molecule has 2 heterocycles. The lowest BCUT2D eigenvalue weighted by molar-refractivity contribution is -0.384. The number of thiophene rings is 1. The number of nitro benzene ring substituents is 1. The van der Waals surface area contributed by atoms with E-state index in [1.54, 1.807) is 23.5 Å². The van der Waals surface area contributed by atoms with E-state index in [0.717, 1.165) is 12.1 Å². The summed E-state index contributed by atoms with van der Waals surface area (Å²) in [5.41, 5.74) is 2.40. The highest BCUT2D eigenvalue weighted by atomic mass is 32.2. The third-order valence-electron chi connectivity index (χ3n) is 3.33. The smallest absolute Gasteiger partial charge is 0.269 e. The minimum absolute atomic E-state index is 0.124. The second kappa shape index (κ2) is 5.46. The van der Waals surface area contributed by atoms with Crippen molar-refractivity contribution < 1.29 is 4.92 Å². The Labute approximate surface area is 125 Å². The van der Waals surface area contributed by atoms with E-state index in [4.69, 9.17) is 0 Å². The number of fused-ring (bicyclic) bond motifs is 1. The van der Waals surface area contributed by atoms with Crippen molar-refractivity contribution in [1.29, 1.82) is 0 Å². The lowest BCUT2D eigenvalue weighted by Gasteiger charge is -2.28. The van der Waals surface area contributed by atoms with Crippen LogP contribution in [-0.4, -0.2) is 10.2 Å². The average molecular weight is 306 g/mol. The predicted octanol–water partition coefficient (Wildman–Crippen LogP) is 4.69. The Kier molecular flexibility index (Phi) is 3.67. The summed E-state index contributed by atoms with van der Waals surface area (Å²) >= 11 is 3.71. The highest BCUT2D eigenvalue weighted by molar-refractivity contribution is 8.01. The molecule has 1 aromatic heterocycles. The first-order valence-electron chi connectivity index (χ1n) is 6.38. The van der Waals surface area contributed by atoms with Crippen LogP contribution in [-0.2, 0) is 0 Å². The first kappa shape index (κ1) is 13.5. The summed E-state index contributed by atoms with van der Waals surface area (Å²) in [7, 11) is 0. The number of nitrogens with one attached hydrogen (secondary N) is 1. The van der Waals surface area contributed by atoms with E-state index < -0.39 is 0 Å². The fourth-order valence-corrected chi connectivity index (χ4v) is 4.93. The molecule has 3 rings (SSSR count). The third kappa shape index (κ3) is 2.66. The van der Waals surface area contributed by atoms with Gasteiger partial charge in [0.1, 0.15) is 0 Å². The number of nitro groups is 1. The zero-order chi connectivity index (χ0) is 14.1. The van der Waals surface area contributed by atoms with Gasteiger partial charge in [-0.2, -0.15) is 0 Å². The first-order valence-corrected chi connectivity index (χ1v) is 8.14. The molecular formula is C14H14N2O2S2. The molecule has 2 aromatic rings. The zero-order valence-electron chi connectivity index (χ0n) is 10.9. The zero-order valence-corrected chi connectivity index (χ0v) is 12.5.